The number of benzene rings is 1. The van der Waals surface area contributed by atoms with Crippen molar-refractivity contribution in [3.05, 3.63) is 41.0 Å². The Morgan fingerprint density at radius 2 is 2.18 bits per heavy atom. The molecule has 0 amide bonds. The number of nitrogens with zero attached hydrogens (tertiary/aromatic N) is 1. The lowest BCUT2D eigenvalue weighted by Gasteiger charge is -2.12. The summed E-state index contributed by atoms with van der Waals surface area (Å²) in [5.41, 5.74) is 14.3. The van der Waals surface area contributed by atoms with Crippen molar-refractivity contribution in [3.63, 3.8) is 0 Å². The van der Waals surface area contributed by atoms with E-state index in [9.17, 15) is 0 Å². The molecule has 1 aromatic heterocycles. The summed E-state index contributed by atoms with van der Waals surface area (Å²) >= 11 is 0. The number of para-hydroxylation sites is 1. The minimum atomic E-state index is -0.165. The zero-order valence-electron chi connectivity index (χ0n) is 12.2. The van der Waals surface area contributed by atoms with Crippen molar-refractivity contribution in [3.8, 4) is 17.7 Å². The molecule has 0 radical (unpaired) electrons. The molecule has 1 aliphatic rings. The number of ether oxygens (including phenoxy) is 2. The molecule has 0 unspecified atom stereocenters. The third kappa shape index (κ3) is 2.37. The summed E-state index contributed by atoms with van der Waals surface area (Å²) in [6.45, 7) is 2.39. The van der Waals surface area contributed by atoms with Crippen LogP contribution in [0.5, 0.6) is 11.6 Å². The standard InChI is InChI=1S/C16H16N4O2/c1-9-4-2-3-5-13(9)21-8-10-6-11-14(18)12(7-17)15(19)20-16(11)22-10/h2-5,10H,6,8H2,1H3,(H4,18,19,20)/p+1/t10-/m1/s1. The number of aryl methyl sites for hydroxylation is 1. The van der Waals surface area contributed by atoms with Gasteiger partial charge in [-0.1, -0.05) is 18.2 Å². The number of aromatic nitrogens is 1. The van der Waals surface area contributed by atoms with Crippen LogP contribution in [-0.4, -0.2) is 12.7 Å². The number of nitrogen functional groups attached to an aromatic ring is 2. The minimum Gasteiger partial charge on any atom is -0.489 e. The Morgan fingerprint density at radius 1 is 1.41 bits per heavy atom. The van der Waals surface area contributed by atoms with E-state index in [2.05, 4.69) is 4.98 Å². The zero-order chi connectivity index (χ0) is 15.7. The number of nitriles is 1. The second kappa shape index (κ2) is 5.45. The van der Waals surface area contributed by atoms with Gasteiger partial charge in [0.15, 0.2) is 5.56 Å². The fourth-order valence-corrected chi connectivity index (χ4v) is 2.53. The van der Waals surface area contributed by atoms with Crippen molar-refractivity contribution in [2.45, 2.75) is 19.4 Å². The number of nitrogens with two attached hydrogens (primary N) is 2. The van der Waals surface area contributed by atoms with E-state index >= 15 is 0 Å². The van der Waals surface area contributed by atoms with Crippen LogP contribution in [0.15, 0.2) is 24.3 Å². The summed E-state index contributed by atoms with van der Waals surface area (Å²) in [5.74, 6) is 1.57. The maximum absolute atomic E-state index is 9.08. The number of nitrogens with one attached hydrogen (secondary N) is 1. The lowest BCUT2D eigenvalue weighted by atomic mass is 10.1. The van der Waals surface area contributed by atoms with Crippen LogP contribution in [0, 0.1) is 18.3 Å². The first kappa shape index (κ1) is 14.0. The van der Waals surface area contributed by atoms with E-state index in [4.69, 9.17) is 26.2 Å². The molecule has 6 nitrogen and oxygen atoms in total. The summed E-state index contributed by atoms with van der Waals surface area (Å²) < 4.78 is 11.6. The monoisotopic (exact) mass is 297 g/mol. The van der Waals surface area contributed by atoms with Crippen molar-refractivity contribution in [2.24, 2.45) is 0 Å². The van der Waals surface area contributed by atoms with E-state index < -0.39 is 0 Å². The van der Waals surface area contributed by atoms with Gasteiger partial charge in [-0.05, 0) is 18.6 Å². The topological polar surface area (TPSA) is 108 Å². The van der Waals surface area contributed by atoms with E-state index in [1.165, 1.54) is 0 Å². The van der Waals surface area contributed by atoms with E-state index in [1.807, 2.05) is 37.3 Å². The highest BCUT2D eigenvalue weighted by Crippen LogP contribution is 2.33. The van der Waals surface area contributed by atoms with Gasteiger partial charge in [0.25, 0.3) is 11.7 Å². The molecule has 112 valence electrons. The summed E-state index contributed by atoms with van der Waals surface area (Å²) in [5, 5.41) is 9.08. The van der Waals surface area contributed by atoms with Gasteiger partial charge in [-0.25, -0.2) is 4.98 Å². The molecule has 0 fully saturated rings. The molecule has 3 rings (SSSR count). The van der Waals surface area contributed by atoms with E-state index in [1.54, 1.807) is 0 Å². The maximum atomic E-state index is 9.08. The molecule has 0 spiro atoms. The van der Waals surface area contributed by atoms with Crippen LogP contribution in [0.3, 0.4) is 0 Å². The number of pyridine rings is 1. The fraction of sp³-hybridized carbons (Fsp3) is 0.250. The Labute approximate surface area is 128 Å². The molecular weight excluding hydrogens is 280 g/mol. The molecule has 1 aliphatic heterocycles. The van der Waals surface area contributed by atoms with Crippen LogP contribution >= 0.6 is 0 Å². The van der Waals surface area contributed by atoms with E-state index in [0.29, 0.717) is 24.6 Å². The van der Waals surface area contributed by atoms with Gasteiger partial charge in [-0.2, -0.15) is 5.26 Å². The van der Waals surface area contributed by atoms with Gasteiger partial charge < -0.3 is 15.2 Å². The highest BCUT2D eigenvalue weighted by Gasteiger charge is 2.32. The van der Waals surface area contributed by atoms with E-state index in [0.717, 1.165) is 16.9 Å². The van der Waals surface area contributed by atoms with Crippen LogP contribution in [0.1, 0.15) is 16.7 Å². The first-order valence-corrected chi connectivity index (χ1v) is 6.98. The van der Waals surface area contributed by atoms with Gasteiger partial charge >= 0.3 is 0 Å². The third-order valence-corrected chi connectivity index (χ3v) is 3.73. The average molecular weight is 297 g/mol. The summed E-state index contributed by atoms with van der Waals surface area (Å²) in [4.78, 5) is 2.89. The summed E-state index contributed by atoms with van der Waals surface area (Å²) in [6, 6.07) is 9.81. The van der Waals surface area contributed by atoms with Crippen molar-refractivity contribution in [2.75, 3.05) is 18.1 Å². The van der Waals surface area contributed by atoms with Crippen LogP contribution < -0.4 is 25.9 Å². The molecule has 1 atom stereocenters. The molecule has 5 N–H and O–H groups in total. The predicted molar refractivity (Wildman–Crippen MR) is 81.3 cm³/mol. The Balaban J connectivity index is 1.74. The number of H-pyrrole nitrogens is 1. The molecule has 2 aromatic rings. The molecule has 0 saturated carbocycles. The SMILES string of the molecule is Cc1ccccc1OC[C@H]1Cc2c([nH+]c(N)c(C#N)c2N)O1. The average Bonchev–Trinajstić information content (AvgIpc) is 2.90. The predicted octanol–water partition coefficient (Wildman–Crippen LogP) is 1.23. The van der Waals surface area contributed by atoms with Gasteiger partial charge in [-0.15, -0.1) is 0 Å². The molecule has 1 aromatic carbocycles. The molecule has 6 heteroatoms. The van der Waals surface area contributed by atoms with Crippen molar-refractivity contribution in [1.29, 1.82) is 5.26 Å². The largest absolute Gasteiger partial charge is 0.489 e. The number of fused-ring (bicyclic) bond motifs is 1. The molecule has 22 heavy (non-hydrogen) atoms. The smallest absolute Gasteiger partial charge is 0.293 e. The molecule has 0 aliphatic carbocycles. The van der Waals surface area contributed by atoms with Crippen molar-refractivity contribution >= 4 is 11.5 Å². The lowest BCUT2D eigenvalue weighted by molar-refractivity contribution is -0.377. The highest BCUT2D eigenvalue weighted by molar-refractivity contribution is 5.68. The number of hydrogen-bond acceptors (Lipinski definition) is 5. The van der Waals surface area contributed by atoms with Gasteiger partial charge in [-0.3, -0.25) is 5.73 Å². The number of rotatable bonds is 3. The first-order chi connectivity index (χ1) is 10.6. The molecule has 0 saturated heterocycles. The van der Waals surface area contributed by atoms with E-state index in [-0.39, 0.29) is 17.5 Å². The number of hydrogen-bond donors (Lipinski definition) is 2. The number of anilines is 2. The Bertz CT molecular complexity index is 767. The van der Waals surface area contributed by atoms with Crippen molar-refractivity contribution < 1.29 is 14.5 Å². The molecular formula is C16H17N4O2+. The minimum absolute atomic E-state index is 0.165. The fourth-order valence-electron chi connectivity index (χ4n) is 2.53. The van der Waals surface area contributed by atoms with Gasteiger partial charge in [0.1, 0.15) is 24.5 Å². The van der Waals surface area contributed by atoms with Crippen LogP contribution in [0.25, 0.3) is 0 Å². The lowest BCUT2D eigenvalue weighted by Crippen LogP contribution is -2.24. The molecule has 0 bridgehead atoms. The van der Waals surface area contributed by atoms with Crippen molar-refractivity contribution in [1.82, 2.24) is 0 Å². The maximum Gasteiger partial charge on any atom is 0.293 e. The third-order valence-electron chi connectivity index (χ3n) is 3.73. The van der Waals surface area contributed by atoms with Gasteiger partial charge in [0.2, 0.25) is 0 Å². The Hall–Kier alpha value is -2.94. The number of aromatic amines is 1. The first-order valence-electron chi connectivity index (χ1n) is 6.98. The van der Waals surface area contributed by atoms with Crippen LogP contribution in [-0.2, 0) is 6.42 Å². The van der Waals surface area contributed by atoms with Crippen LogP contribution in [0.4, 0.5) is 11.5 Å². The molecule has 2 heterocycles. The Morgan fingerprint density at radius 3 is 2.91 bits per heavy atom. The normalized spacial score (nSPS) is 15.7. The van der Waals surface area contributed by atoms with Gasteiger partial charge in [0, 0.05) is 6.42 Å². The second-order valence-corrected chi connectivity index (χ2v) is 5.27. The highest BCUT2D eigenvalue weighted by atomic mass is 16.5. The zero-order valence-corrected chi connectivity index (χ0v) is 12.2. The Kier molecular flexibility index (Phi) is 3.47. The summed E-state index contributed by atoms with van der Waals surface area (Å²) in [7, 11) is 0. The van der Waals surface area contributed by atoms with Crippen LogP contribution in [0.2, 0.25) is 0 Å². The second-order valence-electron chi connectivity index (χ2n) is 5.27. The summed E-state index contributed by atoms with van der Waals surface area (Å²) in [6.07, 6.45) is 0.417. The quantitative estimate of drug-likeness (QED) is 0.885. The van der Waals surface area contributed by atoms with Gasteiger partial charge in [0.05, 0.1) is 11.3 Å².